The lowest BCUT2D eigenvalue weighted by atomic mass is 10.0. The van der Waals surface area contributed by atoms with Crippen molar-refractivity contribution in [2.24, 2.45) is 5.73 Å². The van der Waals surface area contributed by atoms with E-state index in [0.717, 1.165) is 27.3 Å². The Morgan fingerprint density at radius 2 is 2.00 bits per heavy atom. The summed E-state index contributed by atoms with van der Waals surface area (Å²) in [5.74, 6) is 0. The number of nitrogens with zero attached hydrogens (tertiary/aromatic N) is 1. The molecule has 9 heteroatoms. The number of thiophene rings is 1. The van der Waals surface area contributed by atoms with Crippen LogP contribution in [-0.4, -0.2) is 22.6 Å². The van der Waals surface area contributed by atoms with E-state index in [1.807, 2.05) is 25.4 Å². The summed E-state index contributed by atoms with van der Waals surface area (Å²) in [6.45, 7) is 2.57. The number of thioether (sulfide) groups is 1. The van der Waals surface area contributed by atoms with E-state index in [1.165, 1.54) is 22.4 Å². The lowest BCUT2D eigenvalue weighted by Crippen LogP contribution is -2.51. The predicted octanol–water partition coefficient (Wildman–Crippen LogP) is 4.78. The highest BCUT2D eigenvalue weighted by molar-refractivity contribution is 8.09. The second-order valence-electron chi connectivity index (χ2n) is 7.35. The summed E-state index contributed by atoms with van der Waals surface area (Å²) < 4.78 is 39.2. The van der Waals surface area contributed by atoms with Crippen molar-refractivity contribution in [3.63, 3.8) is 0 Å². The Hall–Kier alpha value is -2.07. The molecule has 1 aromatic carbocycles. The van der Waals surface area contributed by atoms with Gasteiger partial charge in [0.05, 0.1) is 10.3 Å². The average molecular weight is 451 g/mol. The monoisotopic (exact) mass is 450 g/mol. The van der Waals surface area contributed by atoms with Crippen molar-refractivity contribution in [2.75, 3.05) is 6.54 Å². The van der Waals surface area contributed by atoms with Crippen LogP contribution in [0.25, 0.3) is 15.0 Å². The molecule has 1 aliphatic heterocycles. The highest BCUT2D eigenvalue weighted by Crippen LogP contribution is 2.43. The van der Waals surface area contributed by atoms with Crippen LogP contribution in [0.5, 0.6) is 0 Å². The predicted molar refractivity (Wildman–Crippen MR) is 118 cm³/mol. The molecule has 2 atom stereocenters. The van der Waals surface area contributed by atoms with Crippen LogP contribution in [0.15, 0.2) is 55.0 Å². The van der Waals surface area contributed by atoms with Crippen LogP contribution in [0.3, 0.4) is 0 Å². The molecule has 3 aromatic rings. The van der Waals surface area contributed by atoms with E-state index in [0.29, 0.717) is 13.0 Å². The number of nitrogens with one attached hydrogen (secondary N) is 2. The summed E-state index contributed by atoms with van der Waals surface area (Å²) in [7, 11) is 0. The van der Waals surface area contributed by atoms with Crippen LogP contribution in [0, 0.1) is 0 Å². The van der Waals surface area contributed by atoms with E-state index in [4.69, 9.17) is 5.73 Å². The summed E-state index contributed by atoms with van der Waals surface area (Å²) >= 11 is 3.38. The zero-order valence-corrected chi connectivity index (χ0v) is 17.8. The van der Waals surface area contributed by atoms with Gasteiger partial charge < -0.3 is 11.1 Å². The summed E-state index contributed by atoms with van der Waals surface area (Å²) in [6.07, 6.45) is 1.83. The van der Waals surface area contributed by atoms with Crippen LogP contribution < -0.4 is 16.4 Å². The number of halogens is 3. The number of fused-ring (bicyclic) bond motifs is 1. The van der Waals surface area contributed by atoms with Gasteiger partial charge in [-0.1, -0.05) is 23.9 Å². The largest absolute Gasteiger partial charge is 0.416 e. The molecule has 30 heavy (non-hydrogen) atoms. The minimum Gasteiger partial charge on any atom is -0.364 e. The SMILES string of the molecule is CC1(NC[C@@H](N)Cc2ccc(C(F)(F)F)cc2)NC=C(c2cc3ccncc3s2)S1. The van der Waals surface area contributed by atoms with Crippen molar-refractivity contribution in [1.29, 1.82) is 0 Å². The van der Waals surface area contributed by atoms with Crippen LogP contribution in [0.1, 0.15) is 22.9 Å². The minimum absolute atomic E-state index is 0.222. The molecule has 4 N–H and O–H groups in total. The van der Waals surface area contributed by atoms with Gasteiger partial charge in [-0.15, -0.1) is 11.3 Å². The number of pyridine rings is 1. The molecule has 0 fully saturated rings. The number of nitrogens with two attached hydrogens (primary N) is 1. The average Bonchev–Trinajstić information content (AvgIpc) is 3.30. The zero-order valence-electron chi connectivity index (χ0n) is 16.2. The first-order valence-electron chi connectivity index (χ1n) is 9.39. The maximum atomic E-state index is 12.7. The van der Waals surface area contributed by atoms with Gasteiger partial charge in [0.15, 0.2) is 0 Å². The van der Waals surface area contributed by atoms with Gasteiger partial charge in [-0.2, -0.15) is 13.2 Å². The van der Waals surface area contributed by atoms with Gasteiger partial charge in [0.1, 0.15) is 4.99 Å². The smallest absolute Gasteiger partial charge is 0.364 e. The van der Waals surface area contributed by atoms with E-state index < -0.39 is 16.7 Å². The molecule has 0 saturated heterocycles. The fourth-order valence-corrected chi connectivity index (χ4v) is 5.41. The van der Waals surface area contributed by atoms with Gasteiger partial charge in [-0.3, -0.25) is 10.3 Å². The quantitative estimate of drug-likeness (QED) is 0.504. The van der Waals surface area contributed by atoms with Crippen molar-refractivity contribution in [1.82, 2.24) is 15.6 Å². The molecule has 0 aliphatic carbocycles. The molecule has 0 radical (unpaired) electrons. The number of alkyl halides is 3. The first kappa shape index (κ1) is 21.2. The first-order chi connectivity index (χ1) is 14.2. The second-order valence-corrected chi connectivity index (χ2v) is 9.90. The fourth-order valence-electron chi connectivity index (χ4n) is 3.23. The van der Waals surface area contributed by atoms with Crippen molar-refractivity contribution in [3.8, 4) is 0 Å². The van der Waals surface area contributed by atoms with E-state index >= 15 is 0 Å². The lowest BCUT2D eigenvalue weighted by Gasteiger charge is -2.28. The topological polar surface area (TPSA) is 63.0 Å². The molecule has 0 amide bonds. The van der Waals surface area contributed by atoms with Crippen molar-refractivity contribution in [3.05, 3.63) is 71.0 Å². The first-order valence-corrected chi connectivity index (χ1v) is 11.0. The van der Waals surface area contributed by atoms with Crippen molar-refractivity contribution in [2.45, 2.75) is 30.6 Å². The zero-order chi connectivity index (χ0) is 21.4. The van der Waals surface area contributed by atoms with Crippen molar-refractivity contribution >= 4 is 38.1 Å². The van der Waals surface area contributed by atoms with Crippen LogP contribution in [0.4, 0.5) is 13.2 Å². The Bertz CT molecular complexity index is 1030. The van der Waals surface area contributed by atoms with Gasteiger partial charge in [-0.05, 0) is 48.6 Å². The summed E-state index contributed by atoms with van der Waals surface area (Å²) in [5, 5.41) is 7.98. The summed E-state index contributed by atoms with van der Waals surface area (Å²) in [5.41, 5.74) is 6.36. The lowest BCUT2D eigenvalue weighted by molar-refractivity contribution is -0.137. The standard InChI is InChI=1S/C21H21F3N4S2/c1-20(27-10-16(25)8-13-2-4-15(5-3-13)21(22,23)24)28-12-19(30-20)17-9-14-6-7-26-11-18(14)29-17/h2-7,9,11-12,16,27-28H,8,10,25H2,1H3/t16-,20?/m0/s1. The highest BCUT2D eigenvalue weighted by atomic mass is 32.2. The van der Waals surface area contributed by atoms with E-state index in [-0.39, 0.29) is 6.04 Å². The molecule has 1 aliphatic rings. The third-order valence-electron chi connectivity index (χ3n) is 4.84. The molecule has 3 heterocycles. The Kier molecular flexibility index (Phi) is 5.80. The van der Waals surface area contributed by atoms with Gasteiger partial charge >= 0.3 is 6.18 Å². The van der Waals surface area contributed by atoms with E-state index in [2.05, 4.69) is 21.7 Å². The molecule has 1 unspecified atom stereocenters. The number of hydrogen-bond acceptors (Lipinski definition) is 6. The maximum absolute atomic E-state index is 12.7. The number of benzene rings is 1. The normalized spacial score (nSPS) is 20.2. The number of aromatic nitrogens is 1. The Balaban J connectivity index is 1.31. The summed E-state index contributed by atoms with van der Waals surface area (Å²) in [6, 6.07) is 9.11. The summed E-state index contributed by atoms with van der Waals surface area (Å²) in [4.78, 5) is 6.08. The Morgan fingerprint density at radius 3 is 2.70 bits per heavy atom. The van der Waals surface area contributed by atoms with Gasteiger partial charge in [0, 0.05) is 41.0 Å². The molecule has 0 saturated carbocycles. The second kappa shape index (κ2) is 8.22. The molecule has 4 rings (SSSR count). The van der Waals surface area contributed by atoms with Crippen LogP contribution in [-0.2, 0) is 12.6 Å². The van der Waals surface area contributed by atoms with E-state index in [1.54, 1.807) is 29.3 Å². The maximum Gasteiger partial charge on any atom is 0.416 e. The third kappa shape index (κ3) is 4.80. The van der Waals surface area contributed by atoms with Gasteiger partial charge in [-0.25, -0.2) is 0 Å². The van der Waals surface area contributed by atoms with Gasteiger partial charge in [0.25, 0.3) is 0 Å². The number of hydrogen-bond donors (Lipinski definition) is 3. The molecule has 0 spiro atoms. The third-order valence-corrected chi connectivity index (χ3v) is 7.32. The van der Waals surface area contributed by atoms with Crippen LogP contribution >= 0.6 is 23.1 Å². The molecule has 0 bridgehead atoms. The van der Waals surface area contributed by atoms with Gasteiger partial charge in [0.2, 0.25) is 0 Å². The van der Waals surface area contributed by atoms with Crippen molar-refractivity contribution < 1.29 is 13.2 Å². The number of rotatable bonds is 6. The Labute approximate surface area is 180 Å². The highest BCUT2D eigenvalue weighted by Gasteiger charge is 2.32. The fraction of sp³-hybridized carbons (Fsp3) is 0.286. The molecule has 2 aromatic heterocycles. The Morgan fingerprint density at radius 1 is 1.23 bits per heavy atom. The molecular weight excluding hydrogens is 429 g/mol. The minimum atomic E-state index is -4.32. The molecular formula is C21H21F3N4S2. The van der Waals surface area contributed by atoms with Crippen LogP contribution in [0.2, 0.25) is 0 Å². The molecule has 4 nitrogen and oxygen atoms in total. The molecule has 158 valence electrons. The van der Waals surface area contributed by atoms with E-state index in [9.17, 15) is 13.2 Å².